The van der Waals surface area contributed by atoms with Gasteiger partial charge in [0.2, 0.25) is 0 Å². The van der Waals surface area contributed by atoms with E-state index in [4.69, 9.17) is 0 Å². The largest absolute Gasteiger partial charge is 0.328 e. The first-order valence-electron chi connectivity index (χ1n) is 5.73. The first kappa shape index (κ1) is 11.6. The molecule has 90 valence electrons. The third-order valence-electron chi connectivity index (χ3n) is 2.77. The van der Waals surface area contributed by atoms with Crippen LogP contribution in [-0.2, 0) is 6.54 Å². The molecule has 0 amide bonds. The zero-order valence-electron chi connectivity index (χ0n) is 10.3. The van der Waals surface area contributed by atoms with Crippen molar-refractivity contribution in [3.63, 3.8) is 0 Å². The summed E-state index contributed by atoms with van der Waals surface area (Å²) in [6, 6.07) is 5.46. The Balaban J connectivity index is 2.82. The molecule has 0 bridgehead atoms. The third kappa shape index (κ3) is 2.02. The van der Waals surface area contributed by atoms with Crippen molar-refractivity contribution in [3.8, 4) is 0 Å². The second-order valence-corrected chi connectivity index (χ2v) is 4.74. The average molecular weight is 232 g/mol. The molecule has 0 fully saturated rings. The van der Waals surface area contributed by atoms with Gasteiger partial charge in [-0.1, -0.05) is 26.0 Å². The SMILES string of the molecule is Cc1cccc2c(=O)n(CC(C)C)c(=O)[nH]c12. The molecule has 0 spiro atoms. The van der Waals surface area contributed by atoms with Crippen LogP contribution >= 0.6 is 0 Å². The number of H-pyrrole nitrogens is 1. The fourth-order valence-electron chi connectivity index (χ4n) is 1.95. The molecule has 0 atom stereocenters. The van der Waals surface area contributed by atoms with Gasteiger partial charge in [-0.25, -0.2) is 4.79 Å². The Kier molecular flexibility index (Phi) is 2.88. The van der Waals surface area contributed by atoms with Crippen LogP contribution in [0.5, 0.6) is 0 Å². The molecule has 1 aromatic heterocycles. The topological polar surface area (TPSA) is 54.9 Å². The minimum absolute atomic E-state index is 0.207. The molecule has 1 heterocycles. The van der Waals surface area contributed by atoms with Crippen molar-refractivity contribution in [2.24, 2.45) is 5.92 Å². The predicted octanol–water partition coefficient (Wildman–Crippen LogP) is 1.65. The normalized spacial score (nSPS) is 11.3. The minimum Gasteiger partial charge on any atom is -0.306 e. The van der Waals surface area contributed by atoms with Gasteiger partial charge in [0, 0.05) is 6.54 Å². The molecule has 1 aromatic carbocycles. The number of hydrogen-bond acceptors (Lipinski definition) is 2. The summed E-state index contributed by atoms with van der Waals surface area (Å²) in [4.78, 5) is 26.8. The van der Waals surface area contributed by atoms with Crippen LogP contribution in [0, 0.1) is 12.8 Å². The Labute approximate surface area is 98.9 Å². The standard InChI is InChI=1S/C13H16N2O2/c1-8(2)7-15-12(16)10-6-4-5-9(3)11(10)14-13(15)17/h4-6,8H,7H2,1-3H3,(H,14,17). The highest BCUT2D eigenvalue weighted by molar-refractivity contribution is 5.80. The fraction of sp³-hybridized carbons (Fsp3) is 0.385. The van der Waals surface area contributed by atoms with Crippen molar-refractivity contribution >= 4 is 10.9 Å². The van der Waals surface area contributed by atoms with Gasteiger partial charge in [0.15, 0.2) is 0 Å². The third-order valence-corrected chi connectivity index (χ3v) is 2.77. The van der Waals surface area contributed by atoms with Crippen molar-refractivity contribution in [1.29, 1.82) is 0 Å². The van der Waals surface area contributed by atoms with E-state index >= 15 is 0 Å². The number of nitrogens with zero attached hydrogens (tertiary/aromatic N) is 1. The second kappa shape index (κ2) is 4.20. The molecular formula is C13H16N2O2. The van der Waals surface area contributed by atoms with Crippen molar-refractivity contribution in [2.45, 2.75) is 27.3 Å². The van der Waals surface area contributed by atoms with Crippen molar-refractivity contribution in [1.82, 2.24) is 9.55 Å². The number of benzene rings is 1. The smallest absolute Gasteiger partial charge is 0.306 e. The lowest BCUT2D eigenvalue weighted by molar-refractivity contribution is 0.496. The van der Waals surface area contributed by atoms with Crippen LogP contribution in [0.2, 0.25) is 0 Å². The number of aromatic nitrogens is 2. The summed E-state index contributed by atoms with van der Waals surface area (Å²) in [7, 11) is 0. The minimum atomic E-state index is -0.328. The molecule has 4 heteroatoms. The van der Waals surface area contributed by atoms with E-state index in [1.165, 1.54) is 4.57 Å². The Morgan fingerprint density at radius 3 is 2.65 bits per heavy atom. The second-order valence-electron chi connectivity index (χ2n) is 4.74. The Hall–Kier alpha value is -1.84. The zero-order valence-corrected chi connectivity index (χ0v) is 10.3. The van der Waals surface area contributed by atoms with Gasteiger partial charge in [0.05, 0.1) is 10.9 Å². The van der Waals surface area contributed by atoms with Crippen LogP contribution in [0.25, 0.3) is 10.9 Å². The molecule has 0 saturated carbocycles. The highest BCUT2D eigenvalue weighted by Crippen LogP contribution is 2.10. The van der Waals surface area contributed by atoms with Gasteiger partial charge in [-0.05, 0) is 24.5 Å². The van der Waals surface area contributed by atoms with Gasteiger partial charge in [0.25, 0.3) is 5.56 Å². The number of para-hydroxylation sites is 1. The number of hydrogen-bond donors (Lipinski definition) is 1. The summed E-state index contributed by atoms with van der Waals surface area (Å²) in [5, 5.41) is 0.574. The van der Waals surface area contributed by atoms with E-state index in [0.29, 0.717) is 17.4 Å². The van der Waals surface area contributed by atoms with Crippen LogP contribution in [0.1, 0.15) is 19.4 Å². The molecule has 4 nitrogen and oxygen atoms in total. The van der Waals surface area contributed by atoms with Gasteiger partial charge < -0.3 is 4.98 Å². The monoisotopic (exact) mass is 232 g/mol. The lowest BCUT2D eigenvalue weighted by Gasteiger charge is -2.09. The number of aromatic amines is 1. The molecule has 2 aromatic rings. The highest BCUT2D eigenvalue weighted by Gasteiger charge is 2.09. The number of fused-ring (bicyclic) bond motifs is 1. The van der Waals surface area contributed by atoms with Crippen LogP contribution in [0.3, 0.4) is 0 Å². The predicted molar refractivity (Wildman–Crippen MR) is 68.4 cm³/mol. The number of nitrogens with one attached hydrogen (secondary N) is 1. The summed E-state index contributed by atoms with van der Waals surface area (Å²) in [5.74, 6) is 0.260. The Morgan fingerprint density at radius 2 is 2.00 bits per heavy atom. The van der Waals surface area contributed by atoms with Crippen LogP contribution in [0.4, 0.5) is 0 Å². The fourth-order valence-corrected chi connectivity index (χ4v) is 1.95. The molecule has 0 aliphatic rings. The number of rotatable bonds is 2. The van der Waals surface area contributed by atoms with E-state index < -0.39 is 0 Å². The summed E-state index contributed by atoms with van der Waals surface area (Å²) < 4.78 is 1.27. The Morgan fingerprint density at radius 1 is 1.29 bits per heavy atom. The molecule has 0 unspecified atom stereocenters. The zero-order chi connectivity index (χ0) is 12.6. The van der Waals surface area contributed by atoms with E-state index in [1.54, 1.807) is 6.07 Å². The molecule has 1 N–H and O–H groups in total. The lowest BCUT2D eigenvalue weighted by Crippen LogP contribution is -2.36. The Bertz CT molecular complexity index is 665. The van der Waals surface area contributed by atoms with Gasteiger partial charge >= 0.3 is 5.69 Å². The van der Waals surface area contributed by atoms with E-state index in [9.17, 15) is 9.59 Å². The highest BCUT2D eigenvalue weighted by atomic mass is 16.2. The van der Waals surface area contributed by atoms with E-state index in [0.717, 1.165) is 5.56 Å². The summed E-state index contributed by atoms with van der Waals surface area (Å²) in [6.45, 7) is 6.28. The summed E-state index contributed by atoms with van der Waals surface area (Å²) >= 11 is 0. The van der Waals surface area contributed by atoms with E-state index in [2.05, 4.69) is 4.98 Å². The summed E-state index contributed by atoms with van der Waals surface area (Å²) in [5.41, 5.74) is 1.02. The first-order chi connectivity index (χ1) is 8.00. The molecule has 0 aliphatic heterocycles. The maximum Gasteiger partial charge on any atom is 0.328 e. The van der Waals surface area contributed by atoms with Gasteiger partial charge in [-0.2, -0.15) is 0 Å². The van der Waals surface area contributed by atoms with Gasteiger partial charge in [-0.15, -0.1) is 0 Å². The van der Waals surface area contributed by atoms with Crippen molar-refractivity contribution in [3.05, 3.63) is 44.6 Å². The molecule has 17 heavy (non-hydrogen) atoms. The maximum absolute atomic E-state index is 12.2. The molecule has 0 aliphatic carbocycles. The lowest BCUT2D eigenvalue weighted by atomic mass is 10.1. The quantitative estimate of drug-likeness (QED) is 0.856. The summed E-state index contributed by atoms with van der Waals surface area (Å²) in [6.07, 6.45) is 0. The van der Waals surface area contributed by atoms with Crippen molar-refractivity contribution in [2.75, 3.05) is 0 Å². The first-order valence-corrected chi connectivity index (χ1v) is 5.73. The maximum atomic E-state index is 12.2. The van der Waals surface area contributed by atoms with Crippen molar-refractivity contribution < 1.29 is 0 Å². The van der Waals surface area contributed by atoms with E-state index in [1.807, 2.05) is 32.9 Å². The van der Waals surface area contributed by atoms with Crippen LogP contribution in [-0.4, -0.2) is 9.55 Å². The average Bonchev–Trinajstić information content (AvgIpc) is 2.26. The molecule has 0 radical (unpaired) electrons. The molecule has 2 rings (SSSR count). The molecule has 0 saturated heterocycles. The van der Waals surface area contributed by atoms with Crippen LogP contribution < -0.4 is 11.2 Å². The van der Waals surface area contributed by atoms with Crippen LogP contribution in [0.15, 0.2) is 27.8 Å². The van der Waals surface area contributed by atoms with E-state index in [-0.39, 0.29) is 17.2 Å². The molecular weight excluding hydrogens is 216 g/mol. The van der Waals surface area contributed by atoms with Gasteiger partial charge in [0.1, 0.15) is 0 Å². The number of aryl methyl sites for hydroxylation is 1. The van der Waals surface area contributed by atoms with Gasteiger partial charge in [-0.3, -0.25) is 9.36 Å².